The van der Waals surface area contributed by atoms with Crippen molar-refractivity contribution in [1.82, 2.24) is 30.9 Å². The van der Waals surface area contributed by atoms with Gasteiger partial charge in [-0.3, -0.25) is 14.4 Å². The number of aromatic hydroxyl groups is 1. The Labute approximate surface area is 260 Å². The number of phenolic OH excluding ortho intramolecular Hbond substituents is 1. The molecular formula is C32H39N7O6. The van der Waals surface area contributed by atoms with Crippen molar-refractivity contribution < 1.29 is 29.4 Å². The van der Waals surface area contributed by atoms with E-state index in [-0.39, 0.29) is 30.9 Å². The molecule has 4 rings (SSSR count). The minimum absolute atomic E-state index is 0.0316. The molecule has 3 amide bonds. The van der Waals surface area contributed by atoms with Crippen LogP contribution in [0.4, 0.5) is 0 Å². The highest BCUT2D eigenvalue weighted by molar-refractivity contribution is 5.94. The Kier molecular flexibility index (Phi) is 10.9. The first kappa shape index (κ1) is 32.7. The van der Waals surface area contributed by atoms with E-state index in [4.69, 9.17) is 5.73 Å². The number of phenols is 1. The minimum Gasteiger partial charge on any atom is -0.508 e. The molecule has 2 heterocycles. The van der Waals surface area contributed by atoms with Gasteiger partial charge in [-0.05, 0) is 41.7 Å². The number of H-pyrrole nitrogens is 2. The third-order valence-electron chi connectivity index (χ3n) is 7.85. The molecule has 13 nitrogen and oxygen atoms in total. The lowest BCUT2D eigenvalue weighted by Crippen LogP contribution is -2.59. The van der Waals surface area contributed by atoms with Gasteiger partial charge in [0.2, 0.25) is 17.7 Å². The number of carbonyl (C=O) groups is 4. The van der Waals surface area contributed by atoms with Crippen LogP contribution >= 0.6 is 0 Å². The molecule has 0 saturated heterocycles. The molecule has 0 aliphatic rings. The first-order chi connectivity index (χ1) is 21.5. The number of nitrogens with one attached hydrogen (secondary N) is 5. The number of hydrogen-bond acceptors (Lipinski definition) is 7. The quantitative estimate of drug-likeness (QED) is 0.0977. The summed E-state index contributed by atoms with van der Waals surface area (Å²) in [6.45, 7) is 3.61. The number of nitrogens with zero attached hydrogens (tertiary/aromatic N) is 1. The van der Waals surface area contributed by atoms with E-state index >= 15 is 0 Å². The molecule has 2 aromatic carbocycles. The fraction of sp³-hybridized carbons (Fsp3) is 0.344. The summed E-state index contributed by atoms with van der Waals surface area (Å²) in [6.07, 6.45) is 5.41. The third-order valence-corrected chi connectivity index (χ3v) is 7.85. The van der Waals surface area contributed by atoms with Gasteiger partial charge in [-0.25, -0.2) is 9.78 Å². The zero-order chi connectivity index (χ0) is 32.5. The van der Waals surface area contributed by atoms with Gasteiger partial charge in [0, 0.05) is 41.8 Å². The van der Waals surface area contributed by atoms with E-state index in [2.05, 4.69) is 30.9 Å². The van der Waals surface area contributed by atoms with Crippen LogP contribution in [0, 0.1) is 5.92 Å². The van der Waals surface area contributed by atoms with Crippen molar-refractivity contribution in [3.8, 4) is 5.75 Å². The van der Waals surface area contributed by atoms with Gasteiger partial charge in [0.15, 0.2) is 0 Å². The lowest BCUT2D eigenvalue weighted by atomic mass is 9.96. The molecule has 5 atom stereocenters. The van der Waals surface area contributed by atoms with Gasteiger partial charge >= 0.3 is 5.97 Å². The Balaban J connectivity index is 1.51. The number of carbonyl (C=O) groups excluding carboxylic acids is 3. The maximum absolute atomic E-state index is 13.7. The second-order valence-electron chi connectivity index (χ2n) is 11.2. The number of nitrogens with two attached hydrogens (primary N) is 1. The van der Waals surface area contributed by atoms with Crippen molar-refractivity contribution in [3.05, 3.63) is 84.1 Å². The molecule has 238 valence electrons. The van der Waals surface area contributed by atoms with E-state index in [1.807, 2.05) is 31.2 Å². The van der Waals surface area contributed by atoms with Crippen LogP contribution in [0.5, 0.6) is 5.75 Å². The number of carboxylic acids is 1. The van der Waals surface area contributed by atoms with Gasteiger partial charge in [0.25, 0.3) is 0 Å². The molecule has 2 aromatic heterocycles. The summed E-state index contributed by atoms with van der Waals surface area (Å²) in [7, 11) is 0. The monoisotopic (exact) mass is 617 g/mol. The predicted molar refractivity (Wildman–Crippen MR) is 167 cm³/mol. The van der Waals surface area contributed by atoms with E-state index in [0.717, 1.165) is 16.5 Å². The number of carboxylic acid groups (broad SMARTS) is 1. The number of amides is 3. The molecule has 0 radical (unpaired) electrons. The number of benzene rings is 2. The molecular weight excluding hydrogens is 578 g/mol. The van der Waals surface area contributed by atoms with Crippen LogP contribution in [0.2, 0.25) is 0 Å². The first-order valence-electron chi connectivity index (χ1n) is 14.7. The van der Waals surface area contributed by atoms with Crippen molar-refractivity contribution in [2.24, 2.45) is 11.7 Å². The van der Waals surface area contributed by atoms with Gasteiger partial charge in [-0.1, -0.05) is 50.6 Å². The number of fused-ring (bicyclic) bond motifs is 1. The molecule has 5 unspecified atom stereocenters. The number of aromatic amines is 2. The Morgan fingerprint density at radius 2 is 1.60 bits per heavy atom. The van der Waals surface area contributed by atoms with Gasteiger partial charge < -0.3 is 41.9 Å². The predicted octanol–water partition coefficient (Wildman–Crippen LogP) is 1.54. The van der Waals surface area contributed by atoms with Crippen molar-refractivity contribution in [1.29, 1.82) is 0 Å². The molecule has 0 aliphatic heterocycles. The van der Waals surface area contributed by atoms with Crippen molar-refractivity contribution in [3.63, 3.8) is 0 Å². The number of imidazole rings is 1. The van der Waals surface area contributed by atoms with Crippen molar-refractivity contribution in [2.75, 3.05) is 0 Å². The number of hydrogen-bond donors (Lipinski definition) is 8. The number of aromatic nitrogens is 3. The minimum atomic E-state index is -1.27. The van der Waals surface area contributed by atoms with Crippen LogP contribution in [0.1, 0.15) is 37.1 Å². The van der Waals surface area contributed by atoms with Crippen LogP contribution in [0.3, 0.4) is 0 Å². The Bertz CT molecular complexity index is 1600. The average molecular weight is 618 g/mol. The van der Waals surface area contributed by atoms with Gasteiger partial charge in [0.05, 0.1) is 12.4 Å². The Morgan fingerprint density at radius 1 is 0.889 bits per heavy atom. The smallest absolute Gasteiger partial charge is 0.326 e. The van der Waals surface area contributed by atoms with Crippen molar-refractivity contribution >= 4 is 34.6 Å². The fourth-order valence-electron chi connectivity index (χ4n) is 5.02. The number of para-hydroxylation sites is 1. The summed E-state index contributed by atoms with van der Waals surface area (Å²) >= 11 is 0. The maximum Gasteiger partial charge on any atom is 0.326 e. The molecule has 13 heteroatoms. The highest BCUT2D eigenvalue weighted by Gasteiger charge is 2.33. The molecule has 0 fully saturated rings. The van der Waals surface area contributed by atoms with Gasteiger partial charge in [-0.2, -0.15) is 0 Å². The van der Waals surface area contributed by atoms with Gasteiger partial charge in [-0.15, -0.1) is 0 Å². The molecule has 0 spiro atoms. The topological polar surface area (TPSA) is 215 Å². The summed E-state index contributed by atoms with van der Waals surface area (Å²) in [4.78, 5) is 62.3. The van der Waals surface area contributed by atoms with Gasteiger partial charge in [0.1, 0.15) is 23.9 Å². The zero-order valence-corrected chi connectivity index (χ0v) is 25.1. The van der Waals surface area contributed by atoms with Crippen LogP contribution < -0.4 is 21.7 Å². The van der Waals surface area contributed by atoms with Crippen molar-refractivity contribution in [2.45, 2.75) is 63.7 Å². The SMILES string of the molecule is CCC(C)C(NC(=O)C(Cc1ccc(O)cc1)NC(=O)C(N)Cc1c[nH]c2ccccc12)C(=O)NC(Cc1cnc[nH]1)C(=O)O. The highest BCUT2D eigenvalue weighted by atomic mass is 16.4. The van der Waals surface area contributed by atoms with Crippen LogP contribution in [0.25, 0.3) is 10.9 Å². The van der Waals surface area contributed by atoms with E-state index < -0.39 is 47.9 Å². The summed E-state index contributed by atoms with van der Waals surface area (Å²) in [6, 6.07) is 9.35. The first-order valence-corrected chi connectivity index (χ1v) is 14.7. The summed E-state index contributed by atoms with van der Waals surface area (Å²) < 4.78 is 0. The fourth-order valence-corrected chi connectivity index (χ4v) is 5.02. The second kappa shape index (κ2) is 15.0. The Morgan fingerprint density at radius 3 is 2.27 bits per heavy atom. The van der Waals surface area contributed by atoms with E-state index in [0.29, 0.717) is 17.7 Å². The molecule has 9 N–H and O–H groups in total. The Hall–Kier alpha value is -5.17. The zero-order valence-electron chi connectivity index (χ0n) is 25.1. The third kappa shape index (κ3) is 8.70. The van der Waals surface area contributed by atoms with E-state index in [1.54, 1.807) is 25.3 Å². The highest BCUT2D eigenvalue weighted by Crippen LogP contribution is 2.19. The average Bonchev–Trinajstić information content (AvgIpc) is 3.69. The number of rotatable bonds is 15. The molecule has 0 saturated carbocycles. The van der Waals surface area contributed by atoms with Crippen LogP contribution in [-0.2, 0) is 38.4 Å². The second-order valence-corrected chi connectivity index (χ2v) is 11.2. The molecule has 45 heavy (non-hydrogen) atoms. The lowest BCUT2D eigenvalue weighted by Gasteiger charge is -2.28. The van der Waals surface area contributed by atoms with E-state index in [1.165, 1.54) is 24.7 Å². The largest absolute Gasteiger partial charge is 0.508 e. The molecule has 0 bridgehead atoms. The number of aliphatic carboxylic acids is 1. The summed E-state index contributed by atoms with van der Waals surface area (Å²) in [5.74, 6) is -3.44. The normalized spacial score (nSPS) is 14.6. The molecule has 0 aliphatic carbocycles. The molecule has 4 aromatic rings. The van der Waals surface area contributed by atoms with E-state index in [9.17, 15) is 29.4 Å². The standard InChI is InChI=1S/C32H39N7O6/c1-3-18(2)28(31(43)38-27(32(44)45)14-21-16-34-17-36-21)39-30(42)26(12-19-8-10-22(40)11-9-19)37-29(41)24(33)13-20-15-35-25-7-5-4-6-23(20)25/h4-11,15-18,24,26-28,35,40H,3,12-14,33H2,1-2H3,(H,34,36)(H,37,41)(H,38,43)(H,39,42)(H,44,45). The summed E-state index contributed by atoms with van der Waals surface area (Å²) in [5.41, 5.74) is 9.23. The van der Waals surface area contributed by atoms with Crippen LogP contribution in [0.15, 0.2) is 67.3 Å². The van der Waals surface area contributed by atoms with Crippen LogP contribution in [-0.4, -0.2) is 73.0 Å². The lowest BCUT2D eigenvalue weighted by molar-refractivity contribution is -0.142. The maximum atomic E-state index is 13.7. The summed E-state index contributed by atoms with van der Waals surface area (Å²) in [5, 5.41) is 28.4.